The molecular weight excluding hydrogens is 1160 g/mol. The van der Waals surface area contributed by atoms with Crippen molar-refractivity contribution in [3.63, 3.8) is 0 Å². The molecule has 470 valence electrons. The largest absolute Gasteiger partial charge is 0.309 e. The molecular formula is C92H82N4. The number of hydrogen-bond donors (Lipinski definition) is 0. The minimum atomic E-state index is 0.266. The van der Waals surface area contributed by atoms with E-state index in [1.165, 1.54) is 221 Å². The number of aromatic nitrogens is 2. The van der Waals surface area contributed by atoms with Crippen LogP contribution >= 0.6 is 0 Å². The summed E-state index contributed by atoms with van der Waals surface area (Å²) in [6, 6.07) is 90.8. The van der Waals surface area contributed by atoms with Crippen LogP contribution in [-0.2, 0) is 10.8 Å². The fourth-order valence-corrected chi connectivity index (χ4v) is 22.4. The van der Waals surface area contributed by atoms with Crippen LogP contribution in [0.5, 0.6) is 0 Å². The summed E-state index contributed by atoms with van der Waals surface area (Å²) in [5, 5.41) is 10.3. The Hall–Kier alpha value is -9.38. The number of benzene rings is 11. The second-order valence-electron chi connectivity index (χ2n) is 32.1. The highest BCUT2D eigenvalue weighted by atomic mass is 15.2. The zero-order valence-corrected chi connectivity index (χ0v) is 55.8. The van der Waals surface area contributed by atoms with Crippen LogP contribution in [0.3, 0.4) is 0 Å². The van der Waals surface area contributed by atoms with Crippen molar-refractivity contribution in [2.24, 2.45) is 35.5 Å². The van der Waals surface area contributed by atoms with Crippen molar-refractivity contribution >= 4 is 110 Å². The van der Waals surface area contributed by atoms with Crippen LogP contribution in [0, 0.1) is 35.5 Å². The lowest BCUT2D eigenvalue weighted by Crippen LogP contribution is -2.48. The zero-order valence-electron chi connectivity index (χ0n) is 55.8. The monoisotopic (exact) mass is 1240 g/mol. The molecule has 4 nitrogen and oxygen atoms in total. The molecule has 0 saturated heterocycles. The lowest BCUT2D eigenvalue weighted by molar-refractivity contribution is -0.00528. The molecule has 96 heavy (non-hydrogen) atoms. The molecule has 8 saturated carbocycles. The highest BCUT2D eigenvalue weighted by Gasteiger charge is 2.53. The zero-order chi connectivity index (χ0) is 63.4. The van der Waals surface area contributed by atoms with Gasteiger partial charge in [-0.1, -0.05) is 173 Å². The molecule has 8 bridgehead atoms. The predicted octanol–water partition coefficient (Wildman–Crippen LogP) is 25.4. The van der Waals surface area contributed by atoms with Crippen LogP contribution in [0.25, 0.3) is 98.4 Å². The van der Waals surface area contributed by atoms with Crippen molar-refractivity contribution in [1.82, 2.24) is 8.80 Å². The van der Waals surface area contributed by atoms with E-state index in [1.54, 1.807) is 11.1 Å². The number of anilines is 6. The molecule has 0 spiro atoms. The quantitative estimate of drug-likeness (QED) is 0.121. The number of nitrogens with zero attached hydrogens (tertiary/aromatic N) is 4. The van der Waals surface area contributed by atoms with Gasteiger partial charge in [0.2, 0.25) is 0 Å². The van der Waals surface area contributed by atoms with Crippen LogP contribution in [0.15, 0.2) is 231 Å². The van der Waals surface area contributed by atoms with E-state index >= 15 is 0 Å². The van der Waals surface area contributed by atoms with Gasteiger partial charge >= 0.3 is 0 Å². The van der Waals surface area contributed by atoms with Crippen molar-refractivity contribution in [2.75, 3.05) is 9.80 Å². The summed E-state index contributed by atoms with van der Waals surface area (Å²) in [6.45, 7) is 9.24. The van der Waals surface area contributed by atoms with Gasteiger partial charge in [0.05, 0.1) is 55.8 Å². The third kappa shape index (κ3) is 8.08. The predicted molar refractivity (Wildman–Crippen MR) is 404 cm³/mol. The first kappa shape index (κ1) is 55.9. The summed E-state index contributed by atoms with van der Waals surface area (Å²) >= 11 is 0. The lowest BCUT2D eigenvalue weighted by atomic mass is 9.48. The first-order valence-electron chi connectivity index (χ1n) is 36.6. The average molecular weight is 1240 g/mol. The van der Waals surface area contributed by atoms with Gasteiger partial charge in [0, 0.05) is 65.6 Å². The first-order chi connectivity index (χ1) is 47.1. The smallest absolute Gasteiger partial charge is 0.0641 e. The minimum absolute atomic E-state index is 0.266. The van der Waals surface area contributed by atoms with Crippen molar-refractivity contribution in [2.45, 2.75) is 127 Å². The van der Waals surface area contributed by atoms with Crippen molar-refractivity contribution in [3.8, 4) is 22.3 Å². The van der Waals surface area contributed by atoms with E-state index < -0.39 is 0 Å². The standard InChI is InChI=1S/C92H82N4/c1-55(2)63-23-29-69(30-24-63)93(81-35-27-67(45-75(81)65-15-7-5-8-16-65)91-49-57-39-58(50-91)41-59(40-57)51-91)83-37-33-71-77-47-86-78(48-85(77)95-79-21-13-11-19-73(79)87(83)89(71)95)72-34-38-84(88-74-20-12-14-22-80(74)96(86)90(72)88)94(70-31-25-64(26-32-70)56(3)4)82-36-28-68(46-76(82)66-17-9-6-10-18-66)92-52-60-42-61(53-92)44-62(43-60)54-92/h5-38,45-48,55-62H,39-44,49-54H2,1-4H3. The van der Waals surface area contributed by atoms with Gasteiger partial charge in [-0.05, 0) is 254 Å². The molecule has 0 atom stereocenters. The van der Waals surface area contributed by atoms with E-state index in [1.807, 2.05) is 0 Å². The van der Waals surface area contributed by atoms with Gasteiger partial charge in [-0.2, -0.15) is 0 Å². The summed E-state index contributed by atoms with van der Waals surface area (Å²) in [5.74, 6) is 6.07. The summed E-state index contributed by atoms with van der Waals surface area (Å²) < 4.78 is 5.26. The Morgan fingerprint density at radius 3 is 1.02 bits per heavy atom. The van der Waals surface area contributed by atoms with Gasteiger partial charge in [-0.25, -0.2) is 0 Å². The van der Waals surface area contributed by atoms with Gasteiger partial charge in [-0.3, -0.25) is 0 Å². The molecule has 0 amide bonds. The van der Waals surface area contributed by atoms with Gasteiger partial charge in [-0.15, -0.1) is 0 Å². The van der Waals surface area contributed by atoms with E-state index in [0.717, 1.165) is 35.5 Å². The van der Waals surface area contributed by atoms with Gasteiger partial charge in [0.1, 0.15) is 0 Å². The van der Waals surface area contributed by atoms with Crippen LogP contribution in [-0.4, -0.2) is 8.80 Å². The number of hydrogen-bond acceptors (Lipinski definition) is 2. The third-order valence-electron chi connectivity index (χ3n) is 25.8. The molecule has 0 aliphatic heterocycles. The fourth-order valence-electron chi connectivity index (χ4n) is 22.4. The Kier molecular flexibility index (Phi) is 12.0. The lowest BCUT2D eigenvalue weighted by Gasteiger charge is -2.57. The Balaban J connectivity index is 0.782. The molecule has 8 fully saturated rings. The number of para-hydroxylation sites is 2. The maximum Gasteiger partial charge on any atom is 0.0641 e. The molecule has 4 heterocycles. The van der Waals surface area contributed by atoms with E-state index in [4.69, 9.17) is 0 Å². The Morgan fingerprint density at radius 2 is 0.656 bits per heavy atom. The molecule has 0 radical (unpaired) electrons. The second-order valence-corrected chi connectivity index (χ2v) is 32.1. The normalized spacial score (nSPS) is 23.6. The molecule has 8 aliphatic carbocycles. The Labute approximate surface area is 563 Å². The first-order valence-corrected chi connectivity index (χ1v) is 36.6. The van der Waals surface area contributed by atoms with Crippen LogP contribution in [0.4, 0.5) is 34.1 Å². The Bertz CT molecular complexity index is 5190. The van der Waals surface area contributed by atoms with Crippen molar-refractivity contribution in [1.29, 1.82) is 0 Å². The summed E-state index contributed by atoms with van der Waals surface area (Å²) in [4.78, 5) is 5.27. The fraction of sp³-hybridized carbons (Fsp3) is 0.283. The SMILES string of the molecule is CC(C)c1ccc(N(c2ccc(C34CC5CC(CC(C5)C3)C4)cc2-c2ccccc2)c2ccc3c4cc5c(cc4n4c6ccccc6c2c34)c2ccc(N(c3ccc(C(C)C)cc3)c3ccc(C46CC7CC(CC(C7)C4)C6)cc3-c3ccccc3)c3c4ccccc4n5c23)cc1. The van der Waals surface area contributed by atoms with E-state index in [9.17, 15) is 0 Å². The van der Waals surface area contributed by atoms with E-state index in [2.05, 4.69) is 277 Å². The maximum atomic E-state index is 2.66. The molecule has 11 aromatic carbocycles. The highest BCUT2D eigenvalue weighted by molar-refractivity contribution is 6.32. The van der Waals surface area contributed by atoms with Crippen molar-refractivity contribution < 1.29 is 0 Å². The van der Waals surface area contributed by atoms with Crippen molar-refractivity contribution in [3.05, 3.63) is 253 Å². The summed E-state index contributed by atoms with van der Waals surface area (Å²) in [6.07, 6.45) is 16.7. The van der Waals surface area contributed by atoms with Crippen LogP contribution in [0.1, 0.15) is 139 Å². The Morgan fingerprint density at radius 1 is 0.312 bits per heavy atom. The highest BCUT2D eigenvalue weighted by Crippen LogP contribution is 2.64. The van der Waals surface area contributed by atoms with Crippen LogP contribution in [0.2, 0.25) is 0 Å². The molecule has 23 rings (SSSR count). The number of fused-ring (bicyclic) bond motifs is 12. The van der Waals surface area contributed by atoms with E-state index in [-0.39, 0.29) is 10.8 Å². The molecule has 0 unspecified atom stereocenters. The summed E-state index contributed by atoms with van der Waals surface area (Å²) in [5.41, 5.74) is 26.3. The molecule has 0 N–H and O–H groups in total. The average Bonchev–Trinajstić information content (AvgIpc) is 1.59. The molecule has 4 heteroatoms. The van der Waals surface area contributed by atoms with Gasteiger partial charge in [0.15, 0.2) is 0 Å². The second kappa shape index (κ2) is 20.6. The summed E-state index contributed by atoms with van der Waals surface area (Å²) in [7, 11) is 0. The number of rotatable bonds is 12. The molecule has 15 aromatic rings. The van der Waals surface area contributed by atoms with Crippen LogP contribution < -0.4 is 9.80 Å². The molecule has 4 aromatic heterocycles. The van der Waals surface area contributed by atoms with E-state index in [0.29, 0.717) is 11.8 Å². The maximum absolute atomic E-state index is 2.66. The topological polar surface area (TPSA) is 15.3 Å². The van der Waals surface area contributed by atoms with Gasteiger partial charge in [0.25, 0.3) is 0 Å². The molecule has 8 aliphatic rings. The third-order valence-corrected chi connectivity index (χ3v) is 25.8. The van der Waals surface area contributed by atoms with Gasteiger partial charge < -0.3 is 18.6 Å². The minimum Gasteiger partial charge on any atom is -0.309 e.